The molecule has 2 aromatic rings. The summed E-state index contributed by atoms with van der Waals surface area (Å²) in [6.07, 6.45) is -3.41. The van der Waals surface area contributed by atoms with Gasteiger partial charge < -0.3 is 0 Å². The topological polar surface area (TPSA) is 143 Å². The van der Waals surface area contributed by atoms with Crippen LogP contribution in [-0.4, -0.2) is 6.17 Å². The minimum absolute atomic E-state index is 0.385. The van der Waals surface area contributed by atoms with Crippen LogP contribution in [0.25, 0.3) is 11.1 Å². The number of hydrogen-bond donors (Lipinski definition) is 0. The molecule has 0 N–H and O–H groups in total. The maximum atomic E-state index is 15.3. The Kier molecular flexibility index (Phi) is 8.68. The Morgan fingerprint density at radius 1 is 0.531 bits per heavy atom. The lowest BCUT2D eigenvalue weighted by Gasteiger charge is -2.28. The first-order chi connectivity index (χ1) is 23.0. The summed E-state index contributed by atoms with van der Waals surface area (Å²) in [6, 6.07) is 5.44. The van der Waals surface area contributed by atoms with Crippen molar-refractivity contribution < 1.29 is 52.7 Å². The third-order valence-corrected chi connectivity index (χ3v) is 7.34. The van der Waals surface area contributed by atoms with Crippen molar-refractivity contribution in [3.8, 4) is 36.4 Å². The van der Waals surface area contributed by atoms with Crippen molar-refractivity contribution in [2.45, 2.75) is 13.1 Å². The fraction of sp³-hybridized carbons (Fsp3) is 0.0968. The average Bonchev–Trinajstić information content (AvgIpc) is 3.81. The molecule has 1 saturated carbocycles. The van der Waals surface area contributed by atoms with Crippen molar-refractivity contribution in [2.75, 3.05) is 0 Å². The fourth-order valence-corrected chi connectivity index (χ4v) is 4.82. The molecular weight excluding hydrogens is 684 g/mol. The SMILES string of the molecule is CC1(C#N)C(F)=C(F)C(C(C#N)=C2C(=C(C#N)c3c(F)c(F)c(C#N)c(F)c3F)C2=C(C#N)c2c(F)c(F)c(C#N)c(F)c2F)=C(F)C1F. The van der Waals surface area contributed by atoms with Gasteiger partial charge in [0.15, 0.2) is 64.4 Å². The van der Waals surface area contributed by atoms with Gasteiger partial charge in [0, 0.05) is 16.7 Å². The largest absolute Gasteiger partial charge is 0.237 e. The highest BCUT2D eigenvalue weighted by Crippen LogP contribution is 2.58. The molecule has 0 aromatic heterocycles. The molecule has 0 amide bonds. The summed E-state index contributed by atoms with van der Waals surface area (Å²) >= 11 is 0. The molecule has 2 aromatic carbocycles. The van der Waals surface area contributed by atoms with E-state index < -0.39 is 137 Å². The molecule has 18 heteroatoms. The molecular formula is C31H4F12N6. The summed E-state index contributed by atoms with van der Waals surface area (Å²) in [6.45, 7) is 0.385. The first-order valence-electron chi connectivity index (χ1n) is 12.5. The molecule has 49 heavy (non-hydrogen) atoms. The first-order valence-corrected chi connectivity index (χ1v) is 12.5. The Hall–Kier alpha value is -6.76. The van der Waals surface area contributed by atoms with Crippen molar-refractivity contribution in [3.63, 3.8) is 0 Å². The number of nitriles is 6. The predicted molar refractivity (Wildman–Crippen MR) is 136 cm³/mol. The van der Waals surface area contributed by atoms with Crippen LogP contribution in [0.3, 0.4) is 0 Å². The zero-order valence-electron chi connectivity index (χ0n) is 23.3. The first kappa shape index (κ1) is 35.1. The van der Waals surface area contributed by atoms with E-state index in [4.69, 9.17) is 15.8 Å². The maximum absolute atomic E-state index is 15.3. The van der Waals surface area contributed by atoms with Gasteiger partial charge in [-0.05, 0) is 6.92 Å². The highest BCUT2D eigenvalue weighted by molar-refractivity contribution is 6.07. The van der Waals surface area contributed by atoms with Crippen LogP contribution in [-0.2, 0) is 0 Å². The quantitative estimate of drug-likeness (QED) is 0.182. The molecule has 242 valence electrons. The molecule has 4 rings (SSSR count). The van der Waals surface area contributed by atoms with Crippen molar-refractivity contribution in [3.05, 3.63) is 114 Å². The van der Waals surface area contributed by atoms with Gasteiger partial charge in [-0.25, -0.2) is 52.7 Å². The second-order valence-corrected chi connectivity index (χ2v) is 9.85. The summed E-state index contributed by atoms with van der Waals surface area (Å²) in [5.41, 5.74) is -22.6. The van der Waals surface area contributed by atoms with E-state index >= 15 is 30.7 Å². The van der Waals surface area contributed by atoms with Crippen LogP contribution < -0.4 is 0 Å². The van der Waals surface area contributed by atoms with Gasteiger partial charge in [0.1, 0.15) is 52.7 Å². The van der Waals surface area contributed by atoms with E-state index in [1.54, 1.807) is 0 Å². The van der Waals surface area contributed by atoms with E-state index in [-0.39, 0.29) is 0 Å². The minimum atomic E-state index is -3.41. The molecule has 0 spiro atoms. The number of halogens is 12. The summed E-state index contributed by atoms with van der Waals surface area (Å²) in [7, 11) is 0. The van der Waals surface area contributed by atoms with E-state index in [1.807, 2.05) is 0 Å². The normalized spacial score (nSPS) is 20.4. The van der Waals surface area contributed by atoms with Crippen molar-refractivity contribution in [1.82, 2.24) is 0 Å². The van der Waals surface area contributed by atoms with Gasteiger partial charge >= 0.3 is 0 Å². The number of rotatable bonds is 3. The number of alkyl halides is 1. The minimum Gasteiger partial charge on any atom is -0.237 e. The summed E-state index contributed by atoms with van der Waals surface area (Å²) in [5.74, 6) is -27.1. The molecule has 2 unspecified atom stereocenters. The van der Waals surface area contributed by atoms with Crippen LogP contribution in [0.15, 0.2) is 45.3 Å². The number of hydrogen-bond acceptors (Lipinski definition) is 6. The molecule has 2 atom stereocenters. The van der Waals surface area contributed by atoms with Gasteiger partial charge in [-0.2, -0.15) is 31.6 Å². The Morgan fingerprint density at radius 2 is 0.857 bits per heavy atom. The van der Waals surface area contributed by atoms with Crippen molar-refractivity contribution >= 4 is 11.1 Å². The Labute approximate surface area is 264 Å². The lowest BCUT2D eigenvalue weighted by atomic mass is 9.77. The highest BCUT2D eigenvalue weighted by Gasteiger charge is 2.53. The molecule has 2 aliphatic carbocycles. The lowest BCUT2D eigenvalue weighted by molar-refractivity contribution is 0.176. The summed E-state index contributed by atoms with van der Waals surface area (Å²) in [5, 5.41) is 56.4. The Balaban J connectivity index is 2.35. The molecule has 0 heterocycles. The fourth-order valence-electron chi connectivity index (χ4n) is 4.82. The highest BCUT2D eigenvalue weighted by atomic mass is 19.2. The third kappa shape index (κ3) is 4.70. The van der Waals surface area contributed by atoms with Crippen LogP contribution in [0.2, 0.25) is 0 Å². The van der Waals surface area contributed by atoms with Gasteiger partial charge in [-0.15, -0.1) is 0 Å². The smallest absolute Gasteiger partial charge is 0.180 e. The van der Waals surface area contributed by atoms with Crippen LogP contribution >= 0.6 is 0 Å². The van der Waals surface area contributed by atoms with Crippen LogP contribution in [0.1, 0.15) is 29.2 Å². The standard InChI is InChI=1S/C31H4F12N6/c1-31(7-49)29(42)27(40)18(28(41)30(31)43)10(4-46)15-13(8(2-44)16-23(36)19(32)11(5-47)20(33)24(16)37)14(15)9(3-45)17-25(38)21(34)12(6-48)22(35)26(17)39/h29H,1H3. The van der Waals surface area contributed by atoms with Gasteiger partial charge in [-0.3, -0.25) is 0 Å². The lowest BCUT2D eigenvalue weighted by Crippen LogP contribution is -2.33. The molecule has 0 saturated heterocycles. The Bertz CT molecular complexity index is 2220. The Morgan fingerprint density at radius 3 is 1.14 bits per heavy atom. The van der Waals surface area contributed by atoms with Crippen molar-refractivity contribution in [2.24, 2.45) is 5.41 Å². The number of nitrogens with zero attached hydrogens (tertiary/aromatic N) is 6. The molecule has 0 radical (unpaired) electrons. The number of allylic oxidation sites excluding steroid dienone is 10. The van der Waals surface area contributed by atoms with Gasteiger partial charge in [-0.1, -0.05) is 0 Å². The van der Waals surface area contributed by atoms with Crippen LogP contribution in [0.4, 0.5) is 52.7 Å². The summed E-state index contributed by atoms with van der Waals surface area (Å²) in [4.78, 5) is 0. The van der Waals surface area contributed by atoms with E-state index in [0.29, 0.717) is 6.92 Å². The zero-order chi connectivity index (χ0) is 37.0. The van der Waals surface area contributed by atoms with E-state index in [2.05, 4.69) is 0 Å². The maximum Gasteiger partial charge on any atom is 0.180 e. The monoisotopic (exact) mass is 688 g/mol. The second-order valence-electron chi connectivity index (χ2n) is 9.85. The zero-order valence-corrected chi connectivity index (χ0v) is 23.3. The van der Waals surface area contributed by atoms with Gasteiger partial charge in [0.25, 0.3) is 0 Å². The molecule has 0 bridgehead atoms. The van der Waals surface area contributed by atoms with E-state index in [1.165, 1.54) is 0 Å². The summed E-state index contributed by atoms with van der Waals surface area (Å²) < 4.78 is 179. The molecule has 1 fully saturated rings. The van der Waals surface area contributed by atoms with Crippen LogP contribution in [0.5, 0.6) is 0 Å². The van der Waals surface area contributed by atoms with Gasteiger partial charge in [0.2, 0.25) is 0 Å². The van der Waals surface area contributed by atoms with E-state index in [9.17, 15) is 37.7 Å². The third-order valence-electron chi connectivity index (χ3n) is 7.34. The number of benzene rings is 2. The predicted octanol–water partition coefficient (Wildman–Crippen LogP) is 7.89. The van der Waals surface area contributed by atoms with Gasteiger partial charge in [0.05, 0.1) is 39.5 Å². The van der Waals surface area contributed by atoms with Crippen LogP contribution in [0, 0.1) is 120 Å². The van der Waals surface area contributed by atoms with E-state index in [0.717, 1.165) is 36.4 Å². The molecule has 6 nitrogen and oxygen atoms in total. The molecule has 2 aliphatic rings. The molecule has 0 aliphatic heterocycles. The average molecular weight is 688 g/mol. The second kappa shape index (κ2) is 12.1. The van der Waals surface area contributed by atoms with Crippen molar-refractivity contribution in [1.29, 1.82) is 31.6 Å².